The maximum Gasteiger partial charge on any atom is 0.363 e. The molecule has 2 aliphatic heterocycles. The molecule has 6 heteroatoms. The van der Waals surface area contributed by atoms with Crippen LogP contribution in [0, 0.1) is 22.7 Å². The van der Waals surface area contributed by atoms with Crippen molar-refractivity contribution in [3.63, 3.8) is 0 Å². The Morgan fingerprint density at radius 1 is 1.15 bits per heavy atom. The van der Waals surface area contributed by atoms with Crippen molar-refractivity contribution in [3.05, 3.63) is 11.3 Å². The average molecular weight is 360 g/mol. The lowest BCUT2D eigenvalue weighted by atomic mass is 9.65. The molecule has 3 atom stereocenters. The van der Waals surface area contributed by atoms with Gasteiger partial charge < -0.3 is 9.47 Å². The maximum absolute atomic E-state index is 12.2. The van der Waals surface area contributed by atoms with Gasteiger partial charge in [-0.2, -0.15) is 0 Å². The molecule has 3 rings (SSSR count). The summed E-state index contributed by atoms with van der Waals surface area (Å²) in [6, 6.07) is -0.435. The SMILES string of the molecule is CC(C)=C1N=C([C@H]2CC[C@](C)(C3=NC(C(C)C)C(=O)O3)C2(C)C)OC1=O. The molecule has 0 aromatic carbocycles. The number of rotatable bonds is 3. The van der Waals surface area contributed by atoms with Gasteiger partial charge in [0.05, 0.1) is 0 Å². The van der Waals surface area contributed by atoms with Gasteiger partial charge in [-0.05, 0) is 43.6 Å². The second kappa shape index (κ2) is 6.03. The van der Waals surface area contributed by atoms with Gasteiger partial charge in [0.25, 0.3) is 0 Å². The van der Waals surface area contributed by atoms with E-state index in [1.807, 2.05) is 27.7 Å². The van der Waals surface area contributed by atoms with Crippen LogP contribution in [0.2, 0.25) is 0 Å². The van der Waals surface area contributed by atoms with E-state index in [0.717, 1.165) is 18.4 Å². The zero-order valence-electron chi connectivity index (χ0n) is 16.7. The predicted molar refractivity (Wildman–Crippen MR) is 98.7 cm³/mol. The van der Waals surface area contributed by atoms with E-state index in [1.54, 1.807) is 0 Å². The third-order valence-electron chi connectivity index (χ3n) is 6.41. The van der Waals surface area contributed by atoms with Crippen LogP contribution in [0.3, 0.4) is 0 Å². The number of carbonyl (C=O) groups excluding carboxylic acids is 2. The van der Waals surface area contributed by atoms with Crippen LogP contribution >= 0.6 is 0 Å². The Morgan fingerprint density at radius 2 is 1.81 bits per heavy atom. The summed E-state index contributed by atoms with van der Waals surface area (Å²) in [7, 11) is 0. The van der Waals surface area contributed by atoms with Crippen molar-refractivity contribution in [2.75, 3.05) is 0 Å². The van der Waals surface area contributed by atoms with Crippen molar-refractivity contribution >= 4 is 23.7 Å². The summed E-state index contributed by atoms with van der Waals surface area (Å²) >= 11 is 0. The summed E-state index contributed by atoms with van der Waals surface area (Å²) in [5, 5.41) is 0. The first kappa shape index (κ1) is 18.8. The normalized spacial score (nSPS) is 33.3. The molecule has 0 aromatic heterocycles. The fourth-order valence-electron chi connectivity index (χ4n) is 4.14. The summed E-state index contributed by atoms with van der Waals surface area (Å²) in [6.07, 6.45) is 1.59. The van der Waals surface area contributed by atoms with Crippen molar-refractivity contribution in [2.24, 2.45) is 32.7 Å². The molecule has 1 saturated carbocycles. The van der Waals surface area contributed by atoms with E-state index < -0.39 is 11.5 Å². The molecule has 0 amide bonds. The van der Waals surface area contributed by atoms with Crippen LogP contribution in [0.25, 0.3) is 0 Å². The first-order valence-corrected chi connectivity index (χ1v) is 9.27. The zero-order valence-corrected chi connectivity index (χ0v) is 16.7. The minimum Gasteiger partial charge on any atom is -0.410 e. The van der Waals surface area contributed by atoms with Crippen molar-refractivity contribution in [2.45, 2.75) is 67.3 Å². The minimum atomic E-state index is -0.435. The summed E-state index contributed by atoms with van der Waals surface area (Å²) < 4.78 is 11.1. The molecule has 0 spiro atoms. The van der Waals surface area contributed by atoms with E-state index >= 15 is 0 Å². The molecule has 2 heterocycles. The highest BCUT2D eigenvalue weighted by Gasteiger charge is 2.60. The highest BCUT2D eigenvalue weighted by atomic mass is 16.6. The summed E-state index contributed by atoms with van der Waals surface area (Å²) in [6.45, 7) is 14.0. The number of hydrogen-bond donors (Lipinski definition) is 0. The molecule has 142 valence electrons. The van der Waals surface area contributed by atoms with Crippen LogP contribution in [0.5, 0.6) is 0 Å². The highest BCUT2D eigenvalue weighted by molar-refractivity contribution is 6.07. The molecule has 0 aromatic rings. The van der Waals surface area contributed by atoms with Gasteiger partial charge >= 0.3 is 11.9 Å². The summed E-state index contributed by atoms with van der Waals surface area (Å²) in [5.74, 6) is 0.407. The van der Waals surface area contributed by atoms with E-state index in [2.05, 4.69) is 30.8 Å². The molecule has 0 N–H and O–H groups in total. The lowest BCUT2D eigenvalue weighted by Crippen LogP contribution is -2.43. The molecule has 0 bridgehead atoms. The molecule has 1 aliphatic carbocycles. The predicted octanol–water partition coefficient (Wildman–Crippen LogP) is 3.66. The standard InChI is InChI=1S/C20H28N2O4/c1-10(2)13-16(23)25-15(21-13)12-8-9-20(7,19(12,5)6)18-22-14(11(3)4)17(24)26-18/h11-12,14H,8-9H2,1-7H3/t12-,14?,20-/m1/s1. The third-order valence-corrected chi connectivity index (χ3v) is 6.41. The summed E-state index contributed by atoms with van der Waals surface area (Å²) in [4.78, 5) is 33.4. The molecule has 26 heavy (non-hydrogen) atoms. The minimum absolute atomic E-state index is 0.0344. The first-order chi connectivity index (χ1) is 12.0. The van der Waals surface area contributed by atoms with Gasteiger partial charge in [-0.25, -0.2) is 19.6 Å². The Morgan fingerprint density at radius 3 is 2.31 bits per heavy atom. The van der Waals surface area contributed by atoms with Crippen molar-refractivity contribution in [3.8, 4) is 0 Å². The van der Waals surface area contributed by atoms with Crippen molar-refractivity contribution < 1.29 is 19.1 Å². The van der Waals surface area contributed by atoms with Gasteiger partial charge in [0.1, 0.15) is 0 Å². The van der Waals surface area contributed by atoms with Gasteiger partial charge in [0, 0.05) is 11.3 Å². The van der Waals surface area contributed by atoms with E-state index in [4.69, 9.17) is 9.47 Å². The van der Waals surface area contributed by atoms with Crippen LogP contribution in [0.15, 0.2) is 21.3 Å². The Balaban J connectivity index is 1.93. The molecule has 6 nitrogen and oxygen atoms in total. The topological polar surface area (TPSA) is 77.3 Å². The van der Waals surface area contributed by atoms with Gasteiger partial charge in [-0.15, -0.1) is 0 Å². The Kier molecular flexibility index (Phi) is 4.36. The van der Waals surface area contributed by atoms with Gasteiger partial charge in [0.2, 0.25) is 11.8 Å². The third kappa shape index (κ3) is 2.61. The number of ether oxygens (including phenoxy) is 2. The van der Waals surface area contributed by atoms with Gasteiger partial charge in [-0.3, -0.25) is 0 Å². The maximum atomic E-state index is 12.2. The molecule has 3 aliphatic rings. The number of esters is 2. The quantitative estimate of drug-likeness (QED) is 0.568. The highest BCUT2D eigenvalue weighted by Crippen LogP contribution is 2.58. The first-order valence-electron chi connectivity index (χ1n) is 9.27. The molecule has 0 saturated heterocycles. The fraction of sp³-hybridized carbons (Fsp3) is 0.700. The molecular formula is C20H28N2O4. The van der Waals surface area contributed by atoms with E-state index in [9.17, 15) is 9.59 Å². The summed E-state index contributed by atoms with van der Waals surface area (Å²) in [5.41, 5.74) is 0.500. The van der Waals surface area contributed by atoms with Crippen LogP contribution < -0.4 is 0 Å². The monoisotopic (exact) mass is 360 g/mol. The van der Waals surface area contributed by atoms with Crippen LogP contribution in [-0.4, -0.2) is 29.8 Å². The second-order valence-corrected chi connectivity index (χ2v) is 8.88. The Labute approximate surface area is 154 Å². The van der Waals surface area contributed by atoms with Crippen molar-refractivity contribution in [1.29, 1.82) is 0 Å². The van der Waals surface area contributed by atoms with Crippen LogP contribution in [0.4, 0.5) is 0 Å². The number of hydrogen-bond acceptors (Lipinski definition) is 6. The fourth-order valence-corrected chi connectivity index (χ4v) is 4.14. The van der Waals surface area contributed by atoms with Gasteiger partial charge in [-0.1, -0.05) is 34.6 Å². The number of nitrogens with zero attached hydrogens (tertiary/aromatic N) is 2. The lowest BCUT2D eigenvalue weighted by molar-refractivity contribution is -0.136. The Hall–Kier alpha value is -1.98. The number of cyclic esters (lactones) is 2. The lowest BCUT2D eigenvalue weighted by Gasteiger charge is -2.39. The molecule has 0 radical (unpaired) electrons. The van der Waals surface area contributed by atoms with Gasteiger partial charge in [0.15, 0.2) is 11.7 Å². The number of carbonyl (C=O) groups is 2. The second-order valence-electron chi connectivity index (χ2n) is 8.88. The van der Waals surface area contributed by atoms with E-state index in [0.29, 0.717) is 17.5 Å². The molecule has 1 fully saturated rings. The van der Waals surface area contributed by atoms with Crippen LogP contribution in [0.1, 0.15) is 61.3 Å². The number of allylic oxidation sites excluding steroid dienone is 1. The molecule has 1 unspecified atom stereocenters. The Bertz CT molecular complexity index is 756. The van der Waals surface area contributed by atoms with Crippen molar-refractivity contribution in [1.82, 2.24) is 0 Å². The van der Waals surface area contributed by atoms with E-state index in [1.165, 1.54) is 0 Å². The number of aliphatic imine (C=N–C) groups is 2. The smallest absolute Gasteiger partial charge is 0.363 e. The average Bonchev–Trinajstić information content (AvgIpc) is 3.16. The van der Waals surface area contributed by atoms with Crippen LogP contribution in [-0.2, 0) is 19.1 Å². The molecular weight excluding hydrogens is 332 g/mol. The zero-order chi connectivity index (χ0) is 19.4. The largest absolute Gasteiger partial charge is 0.410 e. The van der Waals surface area contributed by atoms with E-state index in [-0.39, 0.29) is 29.2 Å².